The van der Waals surface area contributed by atoms with Gasteiger partial charge in [0.1, 0.15) is 11.4 Å². The molecular weight excluding hydrogens is 345 g/mol. The van der Waals surface area contributed by atoms with E-state index in [1.807, 2.05) is 35.2 Å². The topological polar surface area (TPSA) is 53.5 Å². The highest BCUT2D eigenvalue weighted by Crippen LogP contribution is 2.39. The molecule has 2 aliphatic rings. The van der Waals surface area contributed by atoms with Crippen LogP contribution in [0.25, 0.3) is 0 Å². The van der Waals surface area contributed by atoms with Crippen LogP contribution in [0.3, 0.4) is 0 Å². The molecule has 0 N–H and O–H groups in total. The molecule has 1 aromatic heterocycles. The van der Waals surface area contributed by atoms with Crippen molar-refractivity contribution in [3.8, 4) is 0 Å². The number of rotatable bonds is 3. The number of carbonyl (C=O) groups excluding carboxylic acids is 2. The second kappa shape index (κ2) is 7.10. The van der Waals surface area contributed by atoms with Crippen molar-refractivity contribution in [1.29, 1.82) is 0 Å². The average Bonchev–Trinajstić information content (AvgIpc) is 3.10. The third kappa shape index (κ3) is 3.20. The summed E-state index contributed by atoms with van der Waals surface area (Å²) in [6.45, 7) is 1.75. The summed E-state index contributed by atoms with van der Waals surface area (Å²) < 4.78 is 13.5. The van der Waals surface area contributed by atoms with E-state index in [0.717, 1.165) is 24.6 Å². The van der Waals surface area contributed by atoms with Gasteiger partial charge in [0.05, 0.1) is 11.8 Å². The predicted molar refractivity (Wildman–Crippen MR) is 98.3 cm³/mol. The Hall–Kier alpha value is -2.76. The zero-order chi connectivity index (χ0) is 18.9. The molecular formula is C21H22FN3O2. The standard InChI is InChI=1S/C21H22FN3O2/c22-18-12-17(13-23-14-18)19(26)25-11-5-9-21(25)8-4-10-24(20(21)27)15-16-6-2-1-3-7-16/h1-3,6-7,12-14H,4-5,8-11,15H2. The third-order valence-electron chi connectivity index (χ3n) is 5.61. The zero-order valence-electron chi connectivity index (χ0n) is 15.1. The van der Waals surface area contributed by atoms with Gasteiger partial charge in [-0.2, -0.15) is 0 Å². The van der Waals surface area contributed by atoms with Gasteiger partial charge in [-0.1, -0.05) is 30.3 Å². The quantitative estimate of drug-likeness (QED) is 0.838. The minimum Gasteiger partial charge on any atom is -0.336 e. The molecule has 5 nitrogen and oxygen atoms in total. The van der Waals surface area contributed by atoms with E-state index in [0.29, 0.717) is 32.5 Å². The number of hydrogen-bond acceptors (Lipinski definition) is 3. The molecule has 0 bridgehead atoms. The van der Waals surface area contributed by atoms with E-state index >= 15 is 0 Å². The van der Waals surface area contributed by atoms with Crippen molar-refractivity contribution < 1.29 is 14.0 Å². The number of amides is 2. The lowest BCUT2D eigenvalue weighted by molar-refractivity contribution is -0.146. The number of carbonyl (C=O) groups is 2. The van der Waals surface area contributed by atoms with Crippen LogP contribution in [0.4, 0.5) is 4.39 Å². The van der Waals surface area contributed by atoms with Gasteiger partial charge in [0.2, 0.25) is 5.91 Å². The Labute approximate surface area is 157 Å². The fourth-order valence-electron chi connectivity index (χ4n) is 4.36. The summed E-state index contributed by atoms with van der Waals surface area (Å²) in [5.74, 6) is -0.850. The van der Waals surface area contributed by atoms with E-state index in [1.165, 1.54) is 12.3 Å². The second-order valence-electron chi connectivity index (χ2n) is 7.30. The molecule has 2 amide bonds. The highest BCUT2D eigenvalue weighted by molar-refractivity contribution is 5.99. The highest BCUT2D eigenvalue weighted by Gasteiger charge is 2.52. The van der Waals surface area contributed by atoms with Crippen molar-refractivity contribution >= 4 is 11.8 Å². The van der Waals surface area contributed by atoms with Crippen LogP contribution >= 0.6 is 0 Å². The number of aromatic nitrogens is 1. The molecule has 1 aromatic carbocycles. The van der Waals surface area contributed by atoms with Gasteiger partial charge in [-0.05, 0) is 37.3 Å². The second-order valence-corrected chi connectivity index (χ2v) is 7.30. The SMILES string of the molecule is O=C(c1cncc(F)c1)N1CCCC12CCCN(Cc1ccccc1)C2=O. The Morgan fingerprint density at radius 2 is 1.85 bits per heavy atom. The predicted octanol–water partition coefficient (Wildman–Crippen LogP) is 3.02. The fraction of sp³-hybridized carbons (Fsp3) is 0.381. The monoisotopic (exact) mass is 367 g/mol. The van der Waals surface area contributed by atoms with E-state index in [9.17, 15) is 14.0 Å². The van der Waals surface area contributed by atoms with Crippen molar-refractivity contribution in [3.05, 3.63) is 65.7 Å². The van der Waals surface area contributed by atoms with Crippen LogP contribution in [0.5, 0.6) is 0 Å². The maximum atomic E-state index is 13.5. The first kappa shape index (κ1) is 17.6. The zero-order valence-corrected chi connectivity index (χ0v) is 15.1. The Morgan fingerprint density at radius 3 is 2.59 bits per heavy atom. The van der Waals surface area contributed by atoms with E-state index in [2.05, 4.69) is 4.98 Å². The molecule has 0 aliphatic carbocycles. The van der Waals surface area contributed by atoms with Gasteiger partial charge in [-0.15, -0.1) is 0 Å². The third-order valence-corrected chi connectivity index (χ3v) is 5.61. The molecule has 0 radical (unpaired) electrons. The first-order valence-corrected chi connectivity index (χ1v) is 9.36. The fourth-order valence-corrected chi connectivity index (χ4v) is 4.36. The maximum Gasteiger partial charge on any atom is 0.256 e. The first-order chi connectivity index (χ1) is 13.1. The van der Waals surface area contributed by atoms with Crippen LogP contribution in [-0.4, -0.2) is 45.2 Å². The van der Waals surface area contributed by atoms with Crippen molar-refractivity contribution in [1.82, 2.24) is 14.8 Å². The van der Waals surface area contributed by atoms with Gasteiger partial charge in [-0.25, -0.2) is 4.39 Å². The van der Waals surface area contributed by atoms with Crippen LogP contribution < -0.4 is 0 Å². The Morgan fingerprint density at radius 1 is 1.11 bits per heavy atom. The van der Waals surface area contributed by atoms with E-state index < -0.39 is 11.4 Å². The molecule has 3 heterocycles. The summed E-state index contributed by atoms with van der Waals surface area (Å²) in [7, 11) is 0. The van der Waals surface area contributed by atoms with Crippen LogP contribution in [0.2, 0.25) is 0 Å². The van der Waals surface area contributed by atoms with E-state index in [-0.39, 0.29) is 17.4 Å². The number of benzene rings is 1. The summed E-state index contributed by atoms with van der Waals surface area (Å²) in [6.07, 6.45) is 5.39. The van der Waals surface area contributed by atoms with Crippen LogP contribution in [-0.2, 0) is 11.3 Å². The maximum absolute atomic E-state index is 13.5. The lowest BCUT2D eigenvalue weighted by atomic mass is 9.84. The smallest absolute Gasteiger partial charge is 0.256 e. The van der Waals surface area contributed by atoms with Crippen molar-refractivity contribution in [3.63, 3.8) is 0 Å². The molecule has 140 valence electrons. The van der Waals surface area contributed by atoms with Crippen LogP contribution in [0.15, 0.2) is 48.8 Å². The number of pyridine rings is 1. The lowest BCUT2D eigenvalue weighted by Gasteiger charge is -2.44. The van der Waals surface area contributed by atoms with Crippen LogP contribution in [0.1, 0.15) is 41.6 Å². The molecule has 0 saturated carbocycles. The molecule has 2 aromatic rings. The van der Waals surface area contributed by atoms with Crippen molar-refractivity contribution in [2.75, 3.05) is 13.1 Å². The largest absolute Gasteiger partial charge is 0.336 e. The molecule has 1 unspecified atom stereocenters. The molecule has 27 heavy (non-hydrogen) atoms. The van der Waals surface area contributed by atoms with Gasteiger partial charge in [0, 0.05) is 25.8 Å². The van der Waals surface area contributed by atoms with Crippen LogP contribution in [0, 0.1) is 5.82 Å². The molecule has 2 fully saturated rings. The molecule has 2 aliphatic heterocycles. The summed E-state index contributed by atoms with van der Waals surface area (Å²) in [5.41, 5.74) is 0.466. The molecule has 1 atom stereocenters. The molecule has 2 saturated heterocycles. The Kier molecular flexibility index (Phi) is 4.64. The van der Waals surface area contributed by atoms with Gasteiger partial charge < -0.3 is 9.80 Å². The van der Waals surface area contributed by atoms with Gasteiger partial charge >= 0.3 is 0 Å². The number of halogens is 1. The van der Waals surface area contributed by atoms with Gasteiger partial charge in [0.25, 0.3) is 5.91 Å². The van der Waals surface area contributed by atoms with E-state index in [1.54, 1.807) is 4.90 Å². The average molecular weight is 367 g/mol. The normalized spacial score (nSPS) is 22.5. The Bertz CT molecular complexity index is 858. The molecule has 4 rings (SSSR count). The van der Waals surface area contributed by atoms with E-state index in [4.69, 9.17) is 0 Å². The Balaban J connectivity index is 1.60. The molecule has 1 spiro atoms. The number of likely N-dealkylation sites (tertiary alicyclic amines) is 2. The van der Waals surface area contributed by atoms with Gasteiger partial charge in [0.15, 0.2) is 0 Å². The lowest BCUT2D eigenvalue weighted by Crippen LogP contribution is -2.61. The highest BCUT2D eigenvalue weighted by atomic mass is 19.1. The summed E-state index contributed by atoms with van der Waals surface area (Å²) >= 11 is 0. The van der Waals surface area contributed by atoms with Crippen molar-refractivity contribution in [2.45, 2.75) is 37.8 Å². The van der Waals surface area contributed by atoms with Crippen molar-refractivity contribution in [2.24, 2.45) is 0 Å². The first-order valence-electron chi connectivity index (χ1n) is 9.36. The number of hydrogen-bond donors (Lipinski definition) is 0. The number of piperidine rings is 1. The summed E-state index contributed by atoms with van der Waals surface area (Å²) in [4.78, 5) is 33.7. The molecule has 6 heteroatoms. The number of nitrogens with zero attached hydrogens (tertiary/aromatic N) is 3. The summed E-state index contributed by atoms with van der Waals surface area (Å²) in [5, 5.41) is 0. The summed E-state index contributed by atoms with van der Waals surface area (Å²) in [6, 6.07) is 11.1. The minimum absolute atomic E-state index is 0.00724. The van der Waals surface area contributed by atoms with Gasteiger partial charge in [-0.3, -0.25) is 14.6 Å². The minimum atomic E-state index is -0.809.